The Morgan fingerprint density at radius 2 is 2.07 bits per heavy atom. The van der Waals surface area contributed by atoms with Crippen molar-refractivity contribution < 1.29 is 14.3 Å². The molecule has 1 aromatic carbocycles. The number of carbonyl (C=O) groups is 1. The number of hydrogen-bond donors (Lipinski definition) is 1. The van der Waals surface area contributed by atoms with E-state index >= 15 is 0 Å². The highest BCUT2D eigenvalue weighted by Gasteiger charge is 2.30. The smallest absolute Gasteiger partial charge is 0.251 e. The molecule has 1 atom stereocenters. The molecule has 3 rings (SSSR count). The molecule has 2 heterocycles. The summed E-state index contributed by atoms with van der Waals surface area (Å²) in [6.45, 7) is 7.49. The summed E-state index contributed by atoms with van der Waals surface area (Å²) < 4.78 is 11.2. The maximum Gasteiger partial charge on any atom is 0.251 e. The van der Waals surface area contributed by atoms with Gasteiger partial charge in [0, 0.05) is 44.4 Å². The minimum atomic E-state index is -0.239. The van der Waals surface area contributed by atoms with E-state index in [1.54, 1.807) is 6.07 Å². The second-order valence-corrected chi connectivity index (χ2v) is 7.29. The molecule has 0 spiro atoms. The molecule has 2 aliphatic heterocycles. The maximum atomic E-state index is 12.5. The third-order valence-electron chi connectivity index (χ3n) is 4.85. The van der Waals surface area contributed by atoms with E-state index in [0.29, 0.717) is 37.9 Å². The van der Waals surface area contributed by atoms with Crippen LogP contribution in [0.15, 0.2) is 29.3 Å². The third-order valence-corrected chi connectivity index (χ3v) is 5.08. The van der Waals surface area contributed by atoms with E-state index in [-0.39, 0.29) is 36.0 Å². The van der Waals surface area contributed by atoms with E-state index < -0.39 is 0 Å². The number of halogens is 2. The number of guanidine groups is 1. The first kappa shape index (κ1) is 24.0. The van der Waals surface area contributed by atoms with Crippen LogP contribution in [0, 0.1) is 0 Å². The van der Waals surface area contributed by atoms with E-state index in [0.717, 1.165) is 44.2 Å². The van der Waals surface area contributed by atoms with Gasteiger partial charge in [-0.3, -0.25) is 4.79 Å². The second-order valence-electron chi connectivity index (χ2n) is 6.86. The number of carbonyl (C=O) groups excluding carboxylic acids is 1. The van der Waals surface area contributed by atoms with Crippen molar-refractivity contribution >= 4 is 47.4 Å². The summed E-state index contributed by atoms with van der Waals surface area (Å²) in [6, 6.07) is 7.35. The van der Waals surface area contributed by atoms with E-state index in [1.165, 1.54) is 0 Å². The van der Waals surface area contributed by atoms with Gasteiger partial charge in [-0.25, -0.2) is 4.99 Å². The predicted octanol–water partition coefficient (Wildman–Crippen LogP) is 2.63. The number of nitrogens with one attached hydrogen (secondary N) is 1. The van der Waals surface area contributed by atoms with Gasteiger partial charge in [-0.15, -0.1) is 24.0 Å². The highest BCUT2D eigenvalue weighted by molar-refractivity contribution is 14.0. The zero-order valence-corrected chi connectivity index (χ0v) is 19.9. The number of aliphatic imine (C=N–C) groups is 1. The molecule has 1 unspecified atom stereocenters. The van der Waals surface area contributed by atoms with Gasteiger partial charge < -0.3 is 24.6 Å². The lowest BCUT2D eigenvalue weighted by molar-refractivity contribution is -0.142. The molecule has 29 heavy (non-hydrogen) atoms. The SMILES string of the molecule is CCNC(=NCCOc1cccc(Cl)c1)N1CCN(C(=O)C2CCCO2)CC1.I. The minimum absolute atomic E-state index is 0. The van der Waals surface area contributed by atoms with Gasteiger partial charge in [-0.1, -0.05) is 17.7 Å². The monoisotopic (exact) mass is 536 g/mol. The summed E-state index contributed by atoms with van der Waals surface area (Å²) in [7, 11) is 0. The number of ether oxygens (including phenoxy) is 2. The van der Waals surface area contributed by atoms with Crippen LogP contribution in [-0.4, -0.2) is 80.3 Å². The van der Waals surface area contributed by atoms with Gasteiger partial charge in [0.05, 0.1) is 6.54 Å². The number of amides is 1. The Labute approximate surface area is 194 Å². The summed E-state index contributed by atoms with van der Waals surface area (Å²) in [5.41, 5.74) is 0. The first-order valence-corrected chi connectivity index (χ1v) is 10.4. The first-order chi connectivity index (χ1) is 13.7. The Morgan fingerprint density at radius 1 is 1.31 bits per heavy atom. The molecular formula is C20H30ClIN4O3. The molecule has 9 heteroatoms. The Morgan fingerprint density at radius 3 is 2.72 bits per heavy atom. The molecule has 0 radical (unpaired) electrons. The Hall–Kier alpha value is -1.26. The molecule has 1 N–H and O–H groups in total. The molecule has 2 saturated heterocycles. The first-order valence-electron chi connectivity index (χ1n) is 9.99. The van der Waals surface area contributed by atoms with Crippen LogP contribution >= 0.6 is 35.6 Å². The zero-order valence-electron chi connectivity index (χ0n) is 16.8. The van der Waals surface area contributed by atoms with Crippen molar-refractivity contribution in [3.8, 4) is 5.75 Å². The number of benzene rings is 1. The van der Waals surface area contributed by atoms with Gasteiger partial charge in [-0.05, 0) is 38.0 Å². The van der Waals surface area contributed by atoms with Gasteiger partial charge in [0.25, 0.3) is 5.91 Å². The van der Waals surface area contributed by atoms with Crippen molar-refractivity contribution in [3.63, 3.8) is 0 Å². The van der Waals surface area contributed by atoms with Crippen LogP contribution in [0.25, 0.3) is 0 Å². The fourth-order valence-electron chi connectivity index (χ4n) is 3.41. The topological polar surface area (TPSA) is 66.4 Å². The quantitative estimate of drug-likeness (QED) is 0.262. The normalized spacial score (nSPS) is 19.7. The van der Waals surface area contributed by atoms with Crippen LogP contribution in [0.2, 0.25) is 5.02 Å². The average Bonchev–Trinajstić information content (AvgIpc) is 3.25. The summed E-state index contributed by atoms with van der Waals surface area (Å²) in [6.07, 6.45) is 1.58. The number of rotatable bonds is 6. The van der Waals surface area contributed by atoms with Gasteiger partial charge in [0.1, 0.15) is 18.5 Å². The summed E-state index contributed by atoms with van der Waals surface area (Å²) in [5, 5.41) is 3.99. The van der Waals surface area contributed by atoms with Gasteiger partial charge >= 0.3 is 0 Å². The van der Waals surface area contributed by atoms with Crippen LogP contribution < -0.4 is 10.1 Å². The van der Waals surface area contributed by atoms with E-state index in [4.69, 9.17) is 21.1 Å². The van der Waals surface area contributed by atoms with Crippen LogP contribution in [0.4, 0.5) is 0 Å². The van der Waals surface area contributed by atoms with Crippen molar-refractivity contribution in [1.82, 2.24) is 15.1 Å². The number of hydrogen-bond acceptors (Lipinski definition) is 4. The lowest BCUT2D eigenvalue weighted by Crippen LogP contribution is -2.55. The molecular weight excluding hydrogens is 507 g/mol. The molecule has 7 nitrogen and oxygen atoms in total. The van der Waals surface area contributed by atoms with Crippen LogP contribution in [0.5, 0.6) is 5.75 Å². The highest BCUT2D eigenvalue weighted by atomic mass is 127. The van der Waals surface area contributed by atoms with E-state index in [9.17, 15) is 4.79 Å². The zero-order chi connectivity index (χ0) is 19.8. The molecule has 0 aliphatic carbocycles. The molecule has 0 aromatic heterocycles. The summed E-state index contributed by atoms with van der Waals surface area (Å²) in [4.78, 5) is 21.3. The molecule has 1 aromatic rings. The predicted molar refractivity (Wildman–Crippen MR) is 125 cm³/mol. The fourth-order valence-corrected chi connectivity index (χ4v) is 3.59. The molecule has 2 fully saturated rings. The molecule has 1 amide bonds. The maximum absolute atomic E-state index is 12.5. The van der Waals surface area contributed by atoms with Crippen LogP contribution in [-0.2, 0) is 9.53 Å². The molecule has 162 valence electrons. The largest absolute Gasteiger partial charge is 0.492 e. The third kappa shape index (κ3) is 7.18. The van der Waals surface area contributed by atoms with Crippen molar-refractivity contribution in [2.45, 2.75) is 25.9 Å². The number of nitrogens with zero attached hydrogens (tertiary/aromatic N) is 3. The van der Waals surface area contributed by atoms with Gasteiger partial charge in [0.2, 0.25) is 0 Å². The molecule has 0 saturated carbocycles. The van der Waals surface area contributed by atoms with Gasteiger partial charge in [-0.2, -0.15) is 0 Å². The summed E-state index contributed by atoms with van der Waals surface area (Å²) >= 11 is 5.97. The Kier molecular flexibility index (Phi) is 10.3. The lowest BCUT2D eigenvalue weighted by Gasteiger charge is -2.37. The van der Waals surface area contributed by atoms with Crippen molar-refractivity contribution in [1.29, 1.82) is 0 Å². The molecule has 2 aliphatic rings. The lowest BCUT2D eigenvalue weighted by atomic mass is 10.2. The standard InChI is InChI=1S/C20H29ClN4O3.HI/c1-2-22-20(23-8-14-27-17-6-3-5-16(21)15-17)25-11-9-24(10-12-25)19(26)18-7-4-13-28-18;/h3,5-6,15,18H,2,4,7-14H2,1H3,(H,22,23);1H. The van der Waals surface area contributed by atoms with Crippen molar-refractivity contribution in [2.75, 3.05) is 52.5 Å². The van der Waals surface area contributed by atoms with Crippen molar-refractivity contribution in [3.05, 3.63) is 29.3 Å². The van der Waals surface area contributed by atoms with Crippen LogP contribution in [0.1, 0.15) is 19.8 Å². The van der Waals surface area contributed by atoms with E-state index in [2.05, 4.69) is 22.1 Å². The minimum Gasteiger partial charge on any atom is -0.492 e. The van der Waals surface area contributed by atoms with Crippen LogP contribution in [0.3, 0.4) is 0 Å². The molecule has 0 bridgehead atoms. The van der Waals surface area contributed by atoms with Crippen molar-refractivity contribution in [2.24, 2.45) is 4.99 Å². The Balaban J connectivity index is 0.00000300. The fraction of sp³-hybridized carbons (Fsp3) is 0.600. The second kappa shape index (κ2) is 12.4. The van der Waals surface area contributed by atoms with E-state index in [1.807, 2.05) is 23.1 Å². The Bertz CT molecular complexity index is 677. The van der Waals surface area contributed by atoms with Gasteiger partial charge in [0.15, 0.2) is 5.96 Å². The summed E-state index contributed by atoms with van der Waals surface area (Å²) in [5.74, 6) is 1.74. The average molecular weight is 537 g/mol. The number of piperazine rings is 1. The highest BCUT2D eigenvalue weighted by Crippen LogP contribution is 2.17.